The van der Waals surface area contributed by atoms with Gasteiger partial charge in [0.15, 0.2) is 0 Å². The lowest BCUT2D eigenvalue weighted by Gasteiger charge is -2.51. The lowest BCUT2D eigenvalue weighted by molar-refractivity contribution is -0.0747. The van der Waals surface area contributed by atoms with E-state index in [4.69, 9.17) is 16.3 Å². The normalized spacial score (nSPS) is 33.3. The van der Waals surface area contributed by atoms with Crippen LogP contribution >= 0.6 is 11.6 Å². The molecule has 3 aliphatic rings. The molecule has 0 bridgehead atoms. The summed E-state index contributed by atoms with van der Waals surface area (Å²) in [6.45, 7) is 5.01. The Morgan fingerprint density at radius 1 is 1.35 bits per heavy atom. The van der Waals surface area contributed by atoms with Gasteiger partial charge in [0.2, 0.25) is 0 Å². The lowest BCUT2D eigenvalue weighted by atomic mass is 9.70. The summed E-state index contributed by atoms with van der Waals surface area (Å²) in [5.74, 6) is 0.474. The number of benzene rings is 1. The van der Waals surface area contributed by atoms with Gasteiger partial charge in [0.25, 0.3) is 5.91 Å². The minimum atomic E-state index is 0.00399. The molecule has 2 aliphatic heterocycles. The Labute approximate surface area is 142 Å². The summed E-state index contributed by atoms with van der Waals surface area (Å²) in [4.78, 5) is 15.2. The van der Waals surface area contributed by atoms with Gasteiger partial charge < -0.3 is 10.1 Å². The van der Waals surface area contributed by atoms with Crippen LogP contribution in [0.4, 0.5) is 0 Å². The Kier molecular flexibility index (Phi) is 4.08. The maximum Gasteiger partial charge on any atom is 0.251 e. The molecule has 4 rings (SSSR count). The first-order valence-corrected chi connectivity index (χ1v) is 8.95. The Bertz CT molecular complexity index is 610. The molecular formula is C18H23ClN2O2. The third-order valence-corrected chi connectivity index (χ3v) is 6.05. The molecule has 1 aromatic rings. The molecule has 5 heteroatoms. The summed E-state index contributed by atoms with van der Waals surface area (Å²) in [7, 11) is 0. The first kappa shape index (κ1) is 15.4. The average molecular weight is 335 g/mol. The molecule has 0 radical (unpaired) electrons. The second-order valence-electron chi connectivity index (χ2n) is 6.98. The number of nitrogens with one attached hydrogen (secondary N) is 1. The number of fused-ring (bicyclic) bond motifs is 1. The summed E-state index contributed by atoms with van der Waals surface area (Å²) in [6.07, 6.45) is 3.88. The number of hydrogen-bond donors (Lipinski definition) is 1. The molecule has 0 spiro atoms. The van der Waals surface area contributed by atoms with Crippen LogP contribution in [0.25, 0.3) is 0 Å². The van der Waals surface area contributed by atoms with E-state index in [9.17, 15) is 4.79 Å². The summed E-state index contributed by atoms with van der Waals surface area (Å²) >= 11 is 6.06. The monoisotopic (exact) mass is 334 g/mol. The van der Waals surface area contributed by atoms with Gasteiger partial charge in [0.05, 0.1) is 18.2 Å². The number of amides is 1. The van der Waals surface area contributed by atoms with Crippen molar-refractivity contribution in [1.29, 1.82) is 0 Å². The molecule has 0 unspecified atom stereocenters. The Morgan fingerprint density at radius 2 is 2.13 bits per heavy atom. The number of carbonyl (C=O) groups is 1. The smallest absolute Gasteiger partial charge is 0.251 e. The lowest BCUT2D eigenvalue weighted by Crippen LogP contribution is -2.70. The van der Waals surface area contributed by atoms with Crippen molar-refractivity contribution in [2.75, 3.05) is 19.7 Å². The minimum absolute atomic E-state index is 0.00399. The van der Waals surface area contributed by atoms with Gasteiger partial charge in [-0.1, -0.05) is 11.6 Å². The van der Waals surface area contributed by atoms with Gasteiger partial charge in [0, 0.05) is 23.1 Å². The first-order valence-electron chi connectivity index (χ1n) is 8.58. The summed E-state index contributed by atoms with van der Waals surface area (Å²) in [5, 5.41) is 3.97. The van der Waals surface area contributed by atoms with Crippen molar-refractivity contribution in [3.8, 4) is 0 Å². The van der Waals surface area contributed by atoms with Crippen molar-refractivity contribution in [3.05, 3.63) is 34.3 Å². The summed E-state index contributed by atoms with van der Waals surface area (Å²) in [5.41, 5.74) is 1.63. The van der Waals surface area contributed by atoms with Crippen molar-refractivity contribution in [3.63, 3.8) is 0 Å². The van der Waals surface area contributed by atoms with E-state index < -0.39 is 0 Å². The number of ether oxygens (including phenoxy) is 1. The molecule has 1 amide bonds. The van der Waals surface area contributed by atoms with Crippen LogP contribution in [0.5, 0.6) is 0 Å². The topological polar surface area (TPSA) is 41.6 Å². The Morgan fingerprint density at radius 3 is 2.87 bits per heavy atom. The van der Waals surface area contributed by atoms with Gasteiger partial charge in [-0.3, -0.25) is 9.69 Å². The van der Waals surface area contributed by atoms with E-state index in [2.05, 4.69) is 10.2 Å². The highest BCUT2D eigenvalue weighted by Gasteiger charge is 2.56. The molecule has 1 aromatic carbocycles. The van der Waals surface area contributed by atoms with Crippen molar-refractivity contribution < 1.29 is 9.53 Å². The fourth-order valence-corrected chi connectivity index (χ4v) is 4.48. The van der Waals surface area contributed by atoms with E-state index in [0.29, 0.717) is 28.6 Å². The van der Waals surface area contributed by atoms with Crippen LogP contribution in [-0.4, -0.2) is 48.7 Å². The van der Waals surface area contributed by atoms with E-state index in [0.717, 1.165) is 31.7 Å². The second kappa shape index (κ2) is 6.08. The molecule has 4 nitrogen and oxygen atoms in total. The standard InChI is InChI=1S/C18H23ClN2O2/c1-11-10-12(4-5-14(11)19)18(22)20-15-13-6-9-23-17(13)16(15)21-7-2-3-8-21/h4-5,10,13,15-17H,2-3,6-9H2,1H3,(H,20,22)/t13-,15+,16-,17-/m0/s1. The van der Waals surface area contributed by atoms with Gasteiger partial charge in [-0.05, 0) is 63.0 Å². The largest absolute Gasteiger partial charge is 0.376 e. The quantitative estimate of drug-likeness (QED) is 0.924. The SMILES string of the molecule is Cc1cc(C(=O)N[C@@H]2[C@@H]3CCO[C@@H]3[C@H]2N2CCCC2)ccc1Cl. The van der Waals surface area contributed by atoms with Crippen LogP contribution in [0, 0.1) is 12.8 Å². The van der Waals surface area contributed by atoms with Crippen molar-refractivity contribution in [2.24, 2.45) is 5.92 Å². The number of likely N-dealkylation sites (tertiary alicyclic amines) is 1. The highest BCUT2D eigenvalue weighted by atomic mass is 35.5. The van der Waals surface area contributed by atoms with Crippen LogP contribution in [0.1, 0.15) is 35.2 Å². The highest BCUT2D eigenvalue weighted by molar-refractivity contribution is 6.31. The number of hydrogen-bond acceptors (Lipinski definition) is 3. The van der Waals surface area contributed by atoms with Gasteiger partial charge in [0.1, 0.15) is 0 Å². The molecule has 4 atom stereocenters. The molecule has 1 saturated carbocycles. The molecule has 1 aliphatic carbocycles. The zero-order valence-corrected chi connectivity index (χ0v) is 14.2. The number of rotatable bonds is 3. The van der Waals surface area contributed by atoms with Gasteiger partial charge >= 0.3 is 0 Å². The molecule has 1 N–H and O–H groups in total. The molecular weight excluding hydrogens is 312 g/mol. The molecule has 2 saturated heterocycles. The van der Waals surface area contributed by atoms with E-state index >= 15 is 0 Å². The Balaban J connectivity index is 1.49. The zero-order valence-electron chi connectivity index (χ0n) is 13.4. The number of aryl methyl sites for hydroxylation is 1. The number of nitrogens with zero attached hydrogens (tertiary/aromatic N) is 1. The number of carbonyl (C=O) groups excluding carboxylic acids is 1. The molecule has 124 valence electrons. The van der Waals surface area contributed by atoms with Crippen LogP contribution < -0.4 is 5.32 Å². The van der Waals surface area contributed by atoms with E-state index in [1.165, 1.54) is 12.8 Å². The number of halogens is 1. The predicted octanol–water partition coefficient (Wildman–Crippen LogP) is 2.63. The second-order valence-corrected chi connectivity index (χ2v) is 7.39. The molecule has 0 aromatic heterocycles. The highest BCUT2D eigenvalue weighted by Crippen LogP contribution is 2.43. The summed E-state index contributed by atoms with van der Waals surface area (Å²) in [6, 6.07) is 6.03. The minimum Gasteiger partial charge on any atom is -0.376 e. The van der Waals surface area contributed by atoms with Crippen molar-refractivity contribution in [1.82, 2.24) is 10.2 Å². The maximum absolute atomic E-state index is 12.6. The zero-order chi connectivity index (χ0) is 16.0. The Hall–Kier alpha value is -1.10. The van der Waals surface area contributed by atoms with Gasteiger partial charge in [-0.2, -0.15) is 0 Å². The molecule has 23 heavy (non-hydrogen) atoms. The van der Waals surface area contributed by atoms with Crippen LogP contribution in [0.2, 0.25) is 5.02 Å². The van der Waals surface area contributed by atoms with Crippen LogP contribution in [0.3, 0.4) is 0 Å². The van der Waals surface area contributed by atoms with Gasteiger partial charge in [-0.25, -0.2) is 0 Å². The third-order valence-electron chi connectivity index (χ3n) is 5.63. The van der Waals surface area contributed by atoms with E-state index in [-0.39, 0.29) is 11.9 Å². The average Bonchev–Trinajstić information content (AvgIpc) is 3.18. The fourth-order valence-electron chi connectivity index (χ4n) is 4.36. The van der Waals surface area contributed by atoms with Crippen LogP contribution in [-0.2, 0) is 4.74 Å². The van der Waals surface area contributed by atoms with Crippen molar-refractivity contribution >= 4 is 17.5 Å². The first-order chi connectivity index (χ1) is 11.1. The van der Waals surface area contributed by atoms with Gasteiger partial charge in [-0.15, -0.1) is 0 Å². The van der Waals surface area contributed by atoms with E-state index in [1.54, 1.807) is 12.1 Å². The third kappa shape index (κ3) is 2.67. The van der Waals surface area contributed by atoms with E-state index in [1.807, 2.05) is 13.0 Å². The predicted molar refractivity (Wildman–Crippen MR) is 89.9 cm³/mol. The van der Waals surface area contributed by atoms with Crippen molar-refractivity contribution in [2.45, 2.75) is 44.4 Å². The van der Waals surface area contributed by atoms with Crippen LogP contribution in [0.15, 0.2) is 18.2 Å². The fraction of sp³-hybridized carbons (Fsp3) is 0.611. The summed E-state index contributed by atoms with van der Waals surface area (Å²) < 4.78 is 5.92. The molecule has 3 fully saturated rings. The molecule has 2 heterocycles. The maximum atomic E-state index is 12.6.